The first-order valence-corrected chi connectivity index (χ1v) is 18.9. The lowest BCUT2D eigenvalue weighted by Crippen LogP contribution is -2.60. The van der Waals surface area contributed by atoms with Crippen molar-refractivity contribution >= 4 is 13.0 Å². The fourth-order valence-corrected chi connectivity index (χ4v) is 9.92. The third kappa shape index (κ3) is 6.10. The number of hydrogen-bond acceptors (Lipinski definition) is 6. The number of nitrogens with zero attached hydrogens (tertiary/aromatic N) is 1. The van der Waals surface area contributed by atoms with Crippen LogP contribution < -0.4 is 16.4 Å². The lowest BCUT2D eigenvalue weighted by Gasteiger charge is -2.40. The average molecular weight is 643 g/mol. The molecule has 47 heavy (non-hydrogen) atoms. The number of allylic oxidation sites excluding steroid dienone is 8. The molecule has 7 rings (SSSR count). The van der Waals surface area contributed by atoms with E-state index in [2.05, 4.69) is 80.7 Å². The van der Waals surface area contributed by atoms with Crippen LogP contribution in [0.15, 0.2) is 58.4 Å². The smallest absolute Gasteiger partial charge is 0.400 e. The average Bonchev–Trinajstić information content (AvgIpc) is 3.91. The molecule has 0 aromatic rings. The van der Waals surface area contributed by atoms with Crippen LogP contribution in [0.2, 0.25) is 0 Å². The highest BCUT2D eigenvalue weighted by atomic mass is 16.7. The minimum absolute atomic E-state index is 0.0405. The van der Waals surface area contributed by atoms with Crippen molar-refractivity contribution in [2.45, 2.75) is 161 Å². The number of nitrogens with two attached hydrogens (primary N) is 1. The molecule has 256 valence electrons. The maximum absolute atomic E-state index is 13.3. The van der Waals surface area contributed by atoms with E-state index < -0.39 is 6.04 Å². The maximum Gasteiger partial charge on any atom is 0.490 e. The Hall–Kier alpha value is -2.29. The molecule has 0 radical (unpaired) electrons. The van der Waals surface area contributed by atoms with Crippen molar-refractivity contribution in [1.29, 1.82) is 0 Å². The topological polar surface area (TPSA) is 88.9 Å². The van der Waals surface area contributed by atoms with E-state index in [1.54, 1.807) is 0 Å². The quantitative estimate of drug-likeness (QED) is 0.196. The molecule has 1 spiro atoms. The van der Waals surface area contributed by atoms with Gasteiger partial charge in [0.1, 0.15) is 6.17 Å². The highest BCUT2D eigenvalue weighted by molar-refractivity contribution is 6.54. The summed E-state index contributed by atoms with van der Waals surface area (Å²) in [5.41, 5.74) is 12.6. The highest BCUT2D eigenvalue weighted by Crippen LogP contribution is 2.55. The predicted molar refractivity (Wildman–Crippen MR) is 190 cm³/mol. The molecular weight excluding hydrogens is 583 g/mol. The van der Waals surface area contributed by atoms with Gasteiger partial charge in [-0.05, 0) is 145 Å². The molecule has 0 aromatic heterocycles. The van der Waals surface area contributed by atoms with Crippen molar-refractivity contribution in [3.63, 3.8) is 0 Å². The van der Waals surface area contributed by atoms with Gasteiger partial charge in [-0.1, -0.05) is 44.1 Å². The summed E-state index contributed by atoms with van der Waals surface area (Å²) in [5.74, 6) is 1.18. The fraction of sp³-hybridized carbons (Fsp3) is 0.718. The Morgan fingerprint density at radius 2 is 1.81 bits per heavy atom. The van der Waals surface area contributed by atoms with Crippen molar-refractivity contribution in [3.05, 3.63) is 58.4 Å². The lowest BCUT2D eigenvalue weighted by molar-refractivity contribution is -0.137. The van der Waals surface area contributed by atoms with Gasteiger partial charge in [0.25, 0.3) is 0 Å². The van der Waals surface area contributed by atoms with Gasteiger partial charge in [0, 0.05) is 12.2 Å². The first-order valence-electron chi connectivity index (χ1n) is 18.9. The van der Waals surface area contributed by atoms with Gasteiger partial charge in [0.2, 0.25) is 5.91 Å². The van der Waals surface area contributed by atoms with E-state index in [1.807, 2.05) is 6.92 Å². The molecule has 3 aliphatic heterocycles. The maximum atomic E-state index is 13.3. The number of carbonyl (C=O) groups is 1. The van der Waals surface area contributed by atoms with E-state index in [-0.39, 0.29) is 36.4 Å². The van der Waals surface area contributed by atoms with Gasteiger partial charge in [0.05, 0.1) is 29.0 Å². The van der Waals surface area contributed by atoms with E-state index in [9.17, 15) is 4.79 Å². The van der Waals surface area contributed by atoms with E-state index in [1.165, 1.54) is 73.6 Å². The second-order valence-corrected chi connectivity index (χ2v) is 17.0. The van der Waals surface area contributed by atoms with E-state index in [0.717, 1.165) is 31.4 Å². The van der Waals surface area contributed by atoms with E-state index >= 15 is 0 Å². The SMILES string of the molecule is CCC(N)C(=O)N1C2CCC(C2)C1C1NC=C(C2=CC=C(/C(C)=C/C=C(/B3OC(C)(C)C(C)(C)O3)C3CCC4(CCCC4)C3)CC2)N1. The lowest BCUT2D eigenvalue weighted by atomic mass is 9.68. The van der Waals surface area contributed by atoms with Crippen LogP contribution >= 0.6 is 0 Å². The number of nitrogens with one attached hydrogen (secondary N) is 2. The standard InChI is InChI=1S/C39H59BN4O3/c1-7-32(41)36(45)44-30-16-15-28(22-30)34(44)35-42-24-33(43-35)27-13-11-26(12-14-27)25(2)10-17-31(40-46-37(3,4)38(5,6)47-40)29-18-21-39(23-29)19-8-9-20-39/h10-11,13,17,24,28-30,32,34-35,42-43H,7-9,12,14-16,18-23,41H2,1-6H3/b25-10+,31-17+. The fourth-order valence-electron chi connectivity index (χ4n) is 9.92. The van der Waals surface area contributed by atoms with Crippen molar-refractivity contribution in [2.75, 3.05) is 0 Å². The highest BCUT2D eigenvalue weighted by Gasteiger charge is 2.55. The zero-order valence-corrected chi connectivity index (χ0v) is 29.9. The molecule has 0 aromatic carbocycles. The molecule has 3 saturated carbocycles. The normalized spacial score (nSPS) is 34.8. The molecule has 2 saturated heterocycles. The van der Waals surface area contributed by atoms with Gasteiger partial charge < -0.3 is 30.6 Å². The van der Waals surface area contributed by atoms with E-state index in [4.69, 9.17) is 15.0 Å². The van der Waals surface area contributed by atoms with Gasteiger partial charge in [-0.3, -0.25) is 4.79 Å². The predicted octanol–water partition coefficient (Wildman–Crippen LogP) is 6.97. The van der Waals surface area contributed by atoms with Gasteiger partial charge in [0.15, 0.2) is 0 Å². The number of piperidine rings is 1. The number of hydrogen-bond donors (Lipinski definition) is 3. The Morgan fingerprint density at radius 1 is 1.06 bits per heavy atom. The second kappa shape index (κ2) is 12.6. The summed E-state index contributed by atoms with van der Waals surface area (Å²) >= 11 is 0. The van der Waals surface area contributed by atoms with Crippen LogP contribution in [0.4, 0.5) is 0 Å². The van der Waals surface area contributed by atoms with Crippen molar-refractivity contribution in [2.24, 2.45) is 23.0 Å². The summed E-state index contributed by atoms with van der Waals surface area (Å²) in [7, 11) is -0.280. The number of rotatable bonds is 8. The zero-order valence-electron chi connectivity index (χ0n) is 29.9. The molecule has 7 nitrogen and oxygen atoms in total. The molecule has 3 heterocycles. The Balaban J connectivity index is 1.05. The molecule has 4 N–H and O–H groups in total. The summed E-state index contributed by atoms with van der Waals surface area (Å²) < 4.78 is 13.3. The Bertz CT molecular complexity index is 1390. The molecule has 1 amide bonds. The Morgan fingerprint density at radius 3 is 2.49 bits per heavy atom. The molecular formula is C39H59BN4O3. The van der Waals surface area contributed by atoms with Crippen LogP contribution in [0.3, 0.4) is 0 Å². The Labute approximate surface area is 284 Å². The third-order valence-corrected chi connectivity index (χ3v) is 13.6. The first-order chi connectivity index (χ1) is 22.4. The monoisotopic (exact) mass is 642 g/mol. The minimum Gasteiger partial charge on any atom is -0.400 e. The molecule has 6 unspecified atom stereocenters. The summed E-state index contributed by atoms with van der Waals surface area (Å²) in [6.45, 7) is 12.9. The summed E-state index contributed by atoms with van der Waals surface area (Å²) in [5, 5.41) is 7.39. The van der Waals surface area contributed by atoms with E-state index in [0.29, 0.717) is 29.7 Å². The summed E-state index contributed by atoms with van der Waals surface area (Å²) in [6.07, 6.45) is 27.0. The van der Waals surface area contributed by atoms with Gasteiger partial charge in [-0.15, -0.1) is 0 Å². The van der Waals surface area contributed by atoms with Gasteiger partial charge in [-0.25, -0.2) is 0 Å². The van der Waals surface area contributed by atoms with Crippen LogP contribution in [-0.2, 0) is 14.1 Å². The van der Waals surface area contributed by atoms with Crippen molar-refractivity contribution in [1.82, 2.24) is 15.5 Å². The largest absolute Gasteiger partial charge is 0.490 e. The molecule has 8 heteroatoms. The van der Waals surface area contributed by atoms with Crippen LogP contribution in [0, 0.1) is 17.3 Å². The summed E-state index contributed by atoms with van der Waals surface area (Å²) in [6, 6.07) is 0.0895. The first kappa shape index (κ1) is 33.2. The van der Waals surface area contributed by atoms with Crippen molar-refractivity contribution < 1.29 is 14.1 Å². The number of likely N-dealkylation sites (tertiary alicyclic amines) is 1. The van der Waals surface area contributed by atoms with Crippen LogP contribution in [-0.4, -0.2) is 53.4 Å². The van der Waals surface area contributed by atoms with Gasteiger partial charge >= 0.3 is 7.12 Å². The molecule has 7 aliphatic rings. The molecule has 6 atom stereocenters. The second-order valence-electron chi connectivity index (χ2n) is 17.0. The van der Waals surface area contributed by atoms with Crippen molar-refractivity contribution in [3.8, 4) is 0 Å². The van der Waals surface area contributed by atoms with Crippen LogP contribution in [0.1, 0.15) is 125 Å². The number of fused-ring (bicyclic) bond motifs is 2. The molecule has 4 aliphatic carbocycles. The number of carbonyl (C=O) groups excluding carboxylic acids is 1. The van der Waals surface area contributed by atoms with Crippen LogP contribution in [0.25, 0.3) is 0 Å². The number of amides is 1. The van der Waals surface area contributed by atoms with Gasteiger partial charge in [-0.2, -0.15) is 0 Å². The third-order valence-electron chi connectivity index (χ3n) is 13.6. The minimum atomic E-state index is -0.406. The Kier molecular flexibility index (Phi) is 8.87. The van der Waals surface area contributed by atoms with Crippen LogP contribution in [0.5, 0.6) is 0 Å². The molecule has 5 fully saturated rings. The molecule has 2 bridgehead atoms. The summed E-state index contributed by atoms with van der Waals surface area (Å²) in [4.78, 5) is 15.4. The zero-order chi connectivity index (χ0) is 33.1.